The van der Waals surface area contributed by atoms with Crippen molar-refractivity contribution in [3.63, 3.8) is 0 Å². The molecule has 1 saturated heterocycles. The lowest BCUT2D eigenvalue weighted by molar-refractivity contribution is 0.0739. The Bertz CT molecular complexity index is 715. The average molecular weight is 332 g/mol. The first-order valence-electron chi connectivity index (χ1n) is 7.95. The quantitative estimate of drug-likeness (QED) is 0.850. The summed E-state index contributed by atoms with van der Waals surface area (Å²) in [5.41, 5.74) is 3.79. The van der Waals surface area contributed by atoms with E-state index < -0.39 is 0 Å². The first-order chi connectivity index (χ1) is 11.2. The van der Waals surface area contributed by atoms with E-state index in [-0.39, 0.29) is 5.91 Å². The van der Waals surface area contributed by atoms with Crippen LogP contribution in [0.3, 0.4) is 0 Å². The summed E-state index contributed by atoms with van der Waals surface area (Å²) in [6.45, 7) is 6.75. The third-order valence-electron chi connectivity index (χ3n) is 4.45. The predicted molar refractivity (Wildman–Crippen MR) is 89.0 cm³/mol. The predicted octanol–water partition coefficient (Wildman–Crippen LogP) is 0.783. The van der Waals surface area contributed by atoms with Crippen molar-refractivity contribution >= 4 is 22.4 Å². The highest BCUT2D eigenvalue weighted by atomic mass is 32.1. The summed E-state index contributed by atoms with van der Waals surface area (Å²) in [6, 6.07) is 0. The van der Waals surface area contributed by atoms with Crippen LogP contribution in [-0.2, 0) is 13.0 Å². The van der Waals surface area contributed by atoms with Crippen LogP contribution in [0.1, 0.15) is 27.4 Å². The second kappa shape index (κ2) is 5.93. The van der Waals surface area contributed by atoms with Gasteiger partial charge < -0.3 is 15.1 Å². The van der Waals surface area contributed by atoms with Gasteiger partial charge in [0.25, 0.3) is 5.91 Å². The van der Waals surface area contributed by atoms with Crippen molar-refractivity contribution < 1.29 is 4.79 Å². The third kappa shape index (κ3) is 2.72. The highest BCUT2D eigenvalue weighted by Crippen LogP contribution is 2.22. The molecule has 0 unspecified atom stereocenters. The van der Waals surface area contributed by atoms with Gasteiger partial charge in [0, 0.05) is 62.3 Å². The van der Waals surface area contributed by atoms with Crippen LogP contribution in [-0.4, -0.2) is 58.7 Å². The van der Waals surface area contributed by atoms with Gasteiger partial charge in [0.15, 0.2) is 10.8 Å². The molecule has 1 amide bonds. The number of H-pyrrole nitrogens is 1. The van der Waals surface area contributed by atoms with Crippen molar-refractivity contribution in [3.05, 3.63) is 28.0 Å². The number of carbonyl (C=O) groups is 1. The van der Waals surface area contributed by atoms with Crippen molar-refractivity contribution in [2.24, 2.45) is 0 Å². The summed E-state index contributed by atoms with van der Waals surface area (Å²) < 4.78 is 0. The molecule has 2 aliphatic rings. The Hall–Kier alpha value is -1.93. The number of nitrogens with zero attached hydrogens (tertiary/aromatic N) is 4. The molecule has 23 heavy (non-hydrogen) atoms. The lowest BCUT2D eigenvalue weighted by Gasteiger charge is -2.34. The SMILES string of the molecule is Cc1csc(N2CCN(C(=O)c3n[nH]c4c3CNCC4)CC2)n1. The van der Waals surface area contributed by atoms with Crippen LogP contribution in [0.15, 0.2) is 5.38 Å². The van der Waals surface area contributed by atoms with Gasteiger partial charge in [-0.15, -0.1) is 11.3 Å². The fourth-order valence-corrected chi connectivity index (χ4v) is 4.00. The Morgan fingerprint density at radius 3 is 2.87 bits per heavy atom. The second-order valence-corrected chi connectivity index (χ2v) is 6.84. The second-order valence-electron chi connectivity index (χ2n) is 6.01. The molecule has 0 aromatic carbocycles. The van der Waals surface area contributed by atoms with E-state index in [0.29, 0.717) is 18.8 Å². The summed E-state index contributed by atoms with van der Waals surface area (Å²) in [7, 11) is 0. The molecule has 1 fully saturated rings. The van der Waals surface area contributed by atoms with E-state index in [1.54, 1.807) is 11.3 Å². The van der Waals surface area contributed by atoms with Gasteiger partial charge in [-0.2, -0.15) is 5.10 Å². The standard InChI is InChI=1S/C15H20N6OS/c1-10-9-23-15(17-10)21-6-4-20(5-7-21)14(22)13-11-8-16-3-2-12(11)18-19-13/h9,16H,2-8H2,1H3,(H,18,19). The summed E-state index contributed by atoms with van der Waals surface area (Å²) in [6.07, 6.45) is 0.910. The molecular formula is C15H20N6OS. The number of aromatic amines is 1. The van der Waals surface area contributed by atoms with Gasteiger partial charge in [-0.25, -0.2) is 4.98 Å². The number of hydrogen-bond donors (Lipinski definition) is 2. The maximum absolute atomic E-state index is 12.8. The molecule has 4 heterocycles. The molecule has 0 bridgehead atoms. The molecule has 2 aromatic heterocycles. The minimum absolute atomic E-state index is 0.0427. The van der Waals surface area contributed by atoms with E-state index in [1.165, 1.54) is 0 Å². The van der Waals surface area contributed by atoms with E-state index in [9.17, 15) is 4.79 Å². The Balaban J connectivity index is 1.44. The minimum Gasteiger partial charge on any atom is -0.345 e. The number of anilines is 1. The maximum atomic E-state index is 12.8. The third-order valence-corrected chi connectivity index (χ3v) is 5.47. The van der Waals surface area contributed by atoms with Gasteiger partial charge in [0.2, 0.25) is 0 Å². The molecule has 2 aromatic rings. The van der Waals surface area contributed by atoms with E-state index in [1.807, 2.05) is 11.8 Å². The van der Waals surface area contributed by atoms with Crippen molar-refractivity contribution in [3.8, 4) is 0 Å². The van der Waals surface area contributed by atoms with Gasteiger partial charge in [-0.1, -0.05) is 0 Å². The average Bonchev–Trinajstić information content (AvgIpc) is 3.21. The highest BCUT2D eigenvalue weighted by Gasteiger charge is 2.28. The number of rotatable bonds is 2. The molecule has 0 radical (unpaired) electrons. The van der Waals surface area contributed by atoms with Gasteiger partial charge in [0.05, 0.1) is 5.69 Å². The molecule has 8 heteroatoms. The molecule has 2 aliphatic heterocycles. The zero-order valence-corrected chi connectivity index (χ0v) is 13.9. The fraction of sp³-hybridized carbons (Fsp3) is 0.533. The van der Waals surface area contributed by atoms with E-state index in [2.05, 4.69) is 30.8 Å². The summed E-state index contributed by atoms with van der Waals surface area (Å²) in [5.74, 6) is 0.0427. The summed E-state index contributed by atoms with van der Waals surface area (Å²) >= 11 is 1.67. The zero-order chi connectivity index (χ0) is 15.8. The van der Waals surface area contributed by atoms with E-state index in [0.717, 1.165) is 54.7 Å². The van der Waals surface area contributed by atoms with Gasteiger partial charge in [-0.3, -0.25) is 9.89 Å². The Morgan fingerprint density at radius 2 is 2.13 bits per heavy atom. The molecular weight excluding hydrogens is 312 g/mol. The first kappa shape index (κ1) is 14.6. The van der Waals surface area contributed by atoms with E-state index >= 15 is 0 Å². The van der Waals surface area contributed by atoms with Crippen LogP contribution < -0.4 is 10.2 Å². The summed E-state index contributed by atoms with van der Waals surface area (Å²) in [5, 5.41) is 13.7. The molecule has 4 rings (SSSR count). The Kier molecular flexibility index (Phi) is 3.78. The fourth-order valence-electron chi connectivity index (χ4n) is 3.14. The molecule has 0 aliphatic carbocycles. The van der Waals surface area contributed by atoms with Crippen LogP contribution in [0.4, 0.5) is 5.13 Å². The topological polar surface area (TPSA) is 77.1 Å². The number of carbonyl (C=O) groups excluding carboxylic acids is 1. The van der Waals surface area contributed by atoms with Crippen LogP contribution in [0.5, 0.6) is 0 Å². The number of thiazole rings is 1. The highest BCUT2D eigenvalue weighted by molar-refractivity contribution is 7.13. The largest absolute Gasteiger partial charge is 0.345 e. The summed E-state index contributed by atoms with van der Waals surface area (Å²) in [4.78, 5) is 21.4. The van der Waals surface area contributed by atoms with Gasteiger partial charge in [-0.05, 0) is 6.92 Å². The Morgan fingerprint density at radius 1 is 1.30 bits per heavy atom. The number of fused-ring (bicyclic) bond motifs is 1. The molecule has 122 valence electrons. The first-order valence-corrected chi connectivity index (χ1v) is 8.83. The van der Waals surface area contributed by atoms with Crippen LogP contribution in [0.25, 0.3) is 0 Å². The number of hydrogen-bond acceptors (Lipinski definition) is 6. The Labute approximate surface area is 138 Å². The lowest BCUT2D eigenvalue weighted by atomic mass is 10.1. The number of aromatic nitrogens is 3. The van der Waals surface area contributed by atoms with Gasteiger partial charge >= 0.3 is 0 Å². The minimum atomic E-state index is 0.0427. The smallest absolute Gasteiger partial charge is 0.274 e. The molecule has 0 saturated carbocycles. The number of amides is 1. The van der Waals surface area contributed by atoms with Crippen molar-refractivity contribution in [1.82, 2.24) is 25.4 Å². The van der Waals surface area contributed by atoms with Crippen molar-refractivity contribution in [2.75, 3.05) is 37.6 Å². The zero-order valence-electron chi connectivity index (χ0n) is 13.1. The van der Waals surface area contributed by atoms with E-state index in [4.69, 9.17) is 0 Å². The van der Waals surface area contributed by atoms with Gasteiger partial charge in [0.1, 0.15) is 0 Å². The molecule has 0 spiro atoms. The van der Waals surface area contributed by atoms with Crippen LogP contribution in [0.2, 0.25) is 0 Å². The normalized spacial score (nSPS) is 18.1. The van der Waals surface area contributed by atoms with Crippen molar-refractivity contribution in [1.29, 1.82) is 0 Å². The number of piperazine rings is 1. The maximum Gasteiger partial charge on any atom is 0.274 e. The molecule has 7 nitrogen and oxygen atoms in total. The lowest BCUT2D eigenvalue weighted by Crippen LogP contribution is -2.49. The van der Waals surface area contributed by atoms with Crippen LogP contribution >= 0.6 is 11.3 Å². The molecule has 2 N–H and O–H groups in total. The monoisotopic (exact) mass is 332 g/mol. The van der Waals surface area contributed by atoms with Crippen LogP contribution in [0, 0.1) is 6.92 Å². The molecule has 0 atom stereocenters. The number of nitrogens with one attached hydrogen (secondary N) is 2. The van der Waals surface area contributed by atoms with Crippen molar-refractivity contribution in [2.45, 2.75) is 19.9 Å². The number of aryl methyl sites for hydroxylation is 1.